The standard InChI is InChI=1S/C20H28N6O3.HI/c1-21-20(26-10-11-29-18(14-26)16-12-24-25(2)13-16)23-9-8-22-19(27)15-4-6-17(28-3)7-5-15;/h4-7,12-13,18H,8-11,14H2,1-3H3,(H,21,23)(H,22,27);1H. The number of nitrogens with one attached hydrogen (secondary N) is 2. The predicted octanol–water partition coefficient (Wildman–Crippen LogP) is 1.43. The van der Waals surface area contributed by atoms with Crippen molar-refractivity contribution < 1.29 is 14.3 Å². The molecule has 1 amide bonds. The summed E-state index contributed by atoms with van der Waals surface area (Å²) in [7, 11) is 5.25. The van der Waals surface area contributed by atoms with E-state index in [1.165, 1.54) is 0 Å². The van der Waals surface area contributed by atoms with E-state index in [2.05, 4.69) is 25.6 Å². The number of guanidine groups is 1. The largest absolute Gasteiger partial charge is 0.497 e. The second-order valence-electron chi connectivity index (χ2n) is 6.71. The van der Waals surface area contributed by atoms with Crippen LogP contribution >= 0.6 is 24.0 Å². The Kier molecular flexibility index (Phi) is 9.37. The molecule has 30 heavy (non-hydrogen) atoms. The molecule has 0 spiro atoms. The van der Waals surface area contributed by atoms with Gasteiger partial charge in [-0.1, -0.05) is 0 Å². The second-order valence-corrected chi connectivity index (χ2v) is 6.71. The first kappa shape index (κ1) is 23.9. The van der Waals surface area contributed by atoms with Gasteiger partial charge in [0.2, 0.25) is 0 Å². The number of hydrogen-bond acceptors (Lipinski definition) is 5. The SMILES string of the molecule is CN=C(NCCNC(=O)c1ccc(OC)cc1)N1CCOC(c2cnn(C)c2)C1.I. The summed E-state index contributed by atoms with van der Waals surface area (Å²) in [5.74, 6) is 1.40. The number of carbonyl (C=O) groups excluding carboxylic acids is 1. The minimum Gasteiger partial charge on any atom is -0.497 e. The molecule has 1 fully saturated rings. The van der Waals surface area contributed by atoms with Gasteiger partial charge in [0, 0.05) is 51.1 Å². The zero-order chi connectivity index (χ0) is 20.6. The molecule has 0 saturated carbocycles. The van der Waals surface area contributed by atoms with Gasteiger partial charge in [-0.15, -0.1) is 24.0 Å². The van der Waals surface area contributed by atoms with Gasteiger partial charge < -0.3 is 25.0 Å². The quantitative estimate of drug-likeness (QED) is 0.255. The van der Waals surface area contributed by atoms with Crippen molar-refractivity contribution in [2.24, 2.45) is 12.0 Å². The molecule has 1 unspecified atom stereocenters. The fraction of sp³-hybridized carbons (Fsp3) is 0.450. The number of morpholine rings is 1. The van der Waals surface area contributed by atoms with Crippen molar-refractivity contribution in [2.75, 3.05) is 46.9 Å². The molecule has 1 aliphatic rings. The topological polar surface area (TPSA) is 93.0 Å². The molecule has 1 aromatic carbocycles. The number of carbonyl (C=O) groups is 1. The fourth-order valence-corrected chi connectivity index (χ4v) is 3.18. The summed E-state index contributed by atoms with van der Waals surface area (Å²) in [6, 6.07) is 7.03. The summed E-state index contributed by atoms with van der Waals surface area (Å²) < 4.78 is 12.8. The first-order valence-corrected chi connectivity index (χ1v) is 9.58. The lowest BCUT2D eigenvalue weighted by molar-refractivity contribution is -0.00800. The number of methoxy groups -OCH3 is 1. The van der Waals surface area contributed by atoms with Crippen molar-refractivity contribution in [3.63, 3.8) is 0 Å². The van der Waals surface area contributed by atoms with Gasteiger partial charge in [-0.2, -0.15) is 5.10 Å². The van der Waals surface area contributed by atoms with Crippen LogP contribution in [0.4, 0.5) is 0 Å². The Morgan fingerprint density at radius 3 is 2.67 bits per heavy atom. The van der Waals surface area contributed by atoms with Crippen LogP contribution in [0.2, 0.25) is 0 Å². The van der Waals surface area contributed by atoms with E-state index < -0.39 is 0 Å². The summed E-state index contributed by atoms with van der Waals surface area (Å²) in [5.41, 5.74) is 1.65. The molecular weight excluding hydrogens is 499 g/mol. The Morgan fingerprint density at radius 2 is 2.03 bits per heavy atom. The van der Waals surface area contributed by atoms with Crippen LogP contribution < -0.4 is 15.4 Å². The maximum atomic E-state index is 12.2. The van der Waals surface area contributed by atoms with Crippen LogP contribution in [0.1, 0.15) is 22.0 Å². The number of amides is 1. The summed E-state index contributed by atoms with van der Waals surface area (Å²) >= 11 is 0. The zero-order valence-electron chi connectivity index (χ0n) is 17.5. The highest BCUT2D eigenvalue weighted by molar-refractivity contribution is 14.0. The Hall–Kier alpha value is -2.34. The number of ether oxygens (including phenoxy) is 2. The van der Waals surface area contributed by atoms with E-state index in [0.29, 0.717) is 31.8 Å². The van der Waals surface area contributed by atoms with Crippen LogP contribution in [0.3, 0.4) is 0 Å². The van der Waals surface area contributed by atoms with Gasteiger partial charge in [0.05, 0.1) is 26.5 Å². The van der Waals surface area contributed by atoms with Crippen molar-refractivity contribution >= 4 is 35.8 Å². The predicted molar refractivity (Wildman–Crippen MR) is 126 cm³/mol. The smallest absolute Gasteiger partial charge is 0.251 e. The molecule has 1 aliphatic heterocycles. The molecule has 10 heteroatoms. The van der Waals surface area contributed by atoms with Crippen LogP contribution in [-0.4, -0.2) is 73.5 Å². The maximum absolute atomic E-state index is 12.2. The van der Waals surface area contributed by atoms with Gasteiger partial charge in [-0.05, 0) is 24.3 Å². The lowest BCUT2D eigenvalue weighted by Crippen LogP contribution is -2.49. The van der Waals surface area contributed by atoms with Gasteiger partial charge >= 0.3 is 0 Å². The van der Waals surface area contributed by atoms with E-state index in [9.17, 15) is 4.79 Å². The lowest BCUT2D eigenvalue weighted by atomic mass is 10.1. The third kappa shape index (κ3) is 6.33. The van der Waals surface area contributed by atoms with Crippen molar-refractivity contribution in [3.8, 4) is 5.75 Å². The van der Waals surface area contributed by atoms with E-state index in [1.54, 1.807) is 43.1 Å². The van der Waals surface area contributed by atoms with Gasteiger partial charge in [0.25, 0.3) is 5.91 Å². The monoisotopic (exact) mass is 528 g/mol. The summed E-state index contributed by atoms with van der Waals surface area (Å²) in [6.45, 7) is 3.14. The Labute approximate surface area is 193 Å². The lowest BCUT2D eigenvalue weighted by Gasteiger charge is -2.34. The molecule has 0 aliphatic carbocycles. The molecule has 2 aromatic rings. The molecule has 1 aromatic heterocycles. The third-order valence-corrected chi connectivity index (χ3v) is 4.72. The third-order valence-electron chi connectivity index (χ3n) is 4.72. The summed E-state index contributed by atoms with van der Waals surface area (Å²) in [4.78, 5) is 18.7. The van der Waals surface area contributed by atoms with Gasteiger partial charge in [-0.25, -0.2) is 0 Å². The molecule has 2 N–H and O–H groups in total. The van der Waals surface area contributed by atoms with Crippen LogP contribution in [-0.2, 0) is 11.8 Å². The summed E-state index contributed by atoms with van der Waals surface area (Å²) in [6.07, 6.45) is 3.77. The summed E-state index contributed by atoms with van der Waals surface area (Å²) in [5, 5.41) is 10.4. The van der Waals surface area contributed by atoms with E-state index in [-0.39, 0.29) is 36.0 Å². The molecule has 3 rings (SSSR count). The first-order chi connectivity index (χ1) is 14.1. The van der Waals surface area contributed by atoms with E-state index in [0.717, 1.165) is 23.8 Å². The van der Waals surface area contributed by atoms with Gasteiger partial charge in [0.15, 0.2) is 5.96 Å². The molecule has 0 bridgehead atoms. The molecular formula is C20H29IN6O3. The first-order valence-electron chi connectivity index (χ1n) is 9.58. The van der Waals surface area contributed by atoms with Crippen molar-refractivity contribution in [1.29, 1.82) is 0 Å². The van der Waals surface area contributed by atoms with Crippen molar-refractivity contribution in [2.45, 2.75) is 6.10 Å². The van der Waals surface area contributed by atoms with Crippen LogP contribution in [0.25, 0.3) is 0 Å². The number of halogens is 1. The van der Waals surface area contributed by atoms with Gasteiger partial charge in [-0.3, -0.25) is 14.5 Å². The van der Waals surface area contributed by atoms with E-state index in [4.69, 9.17) is 9.47 Å². The Bertz CT molecular complexity index is 839. The highest BCUT2D eigenvalue weighted by Crippen LogP contribution is 2.21. The molecule has 164 valence electrons. The molecule has 9 nitrogen and oxygen atoms in total. The number of benzene rings is 1. The number of aliphatic imine (C=N–C) groups is 1. The van der Waals surface area contributed by atoms with Crippen LogP contribution in [0, 0.1) is 0 Å². The van der Waals surface area contributed by atoms with Crippen LogP contribution in [0.5, 0.6) is 5.75 Å². The minimum atomic E-state index is -0.118. The van der Waals surface area contributed by atoms with Crippen molar-refractivity contribution in [3.05, 3.63) is 47.8 Å². The average Bonchev–Trinajstić information content (AvgIpc) is 3.20. The molecule has 1 saturated heterocycles. The molecule has 1 atom stereocenters. The normalized spacial score (nSPS) is 16.6. The number of aryl methyl sites for hydroxylation is 1. The van der Waals surface area contributed by atoms with E-state index in [1.807, 2.05) is 19.4 Å². The highest BCUT2D eigenvalue weighted by Gasteiger charge is 2.25. The minimum absolute atomic E-state index is 0. The highest BCUT2D eigenvalue weighted by atomic mass is 127. The number of rotatable bonds is 6. The number of aromatic nitrogens is 2. The molecule has 0 radical (unpaired) electrons. The number of hydrogen-bond donors (Lipinski definition) is 2. The zero-order valence-corrected chi connectivity index (χ0v) is 19.8. The fourth-order valence-electron chi connectivity index (χ4n) is 3.18. The van der Waals surface area contributed by atoms with Gasteiger partial charge in [0.1, 0.15) is 11.9 Å². The molecule has 2 heterocycles. The maximum Gasteiger partial charge on any atom is 0.251 e. The van der Waals surface area contributed by atoms with E-state index >= 15 is 0 Å². The number of nitrogens with zero attached hydrogens (tertiary/aromatic N) is 4. The van der Waals surface area contributed by atoms with Crippen molar-refractivity contribution in [1.82, 2.24) is 25.3 Å². The van der Waals surface area contributed by atoms with Crippen LogP contribution in [0.15, 0.2) is 41.7 Å². The Morgan fingerprint density at radius 1 is 1.30 bits per heavy atom. The Balaban J connectivity index is 0.00000320. The average molecular weight is 528 g/mol. The second kappa shape index (κ2) is 11.7.